The van der Waals surface area contributed by atoms with E-state index in [1.54, 1.807) is 0 Å². The van der Waals surface area contributed by atoms with E-state index >= 15 is 0 Å². The Kier molecular flexibility index (Phi) is 9.38. The molecule has 0 radical (unpaired) electrons. The van der Waals surface area contributed by atoms with Gasteiger partial charge >= 0.3 is 12.4 Å². The second-order valence-electron chi connectivity index (χ2n) is 5.50. The molecule has 0 atom stereocenters. The lowest BCUT2D eigenvalue weighted by Crippen LogP contribution is -2.50. The van der Waals surface area contributed by atoms with Gasteiger partial charge in [0, 0.05) is 13.2 Å². The molecule has 0 heterocycles. The van der Waals surface area contributed by atoms with Crippen molar-refractivity contribution < 1.29 is 36.6 Å². The van der Waals surface area contributed by atoms with Crippen molar-refractivity contribution in [1.82, 2.24) is 0 Å². The summed E-state index contributed by atoms with van der Waals surface area (Å²) >= 11 is 0. The molecular formula is C14H24F6O2. The monoisotopic (exact) mass is 338 g/mol. The fourth-order valence-corrected chi connectivity index (χ4v) is 2.47. The first-order chi connectivity index (χ1) is 10.1. The second-order valence-corrected chi connectivity index (χ2v) is 5.50. The minimum Gasteiger partial charge on any atom is -0.396 e. The van der Waals surface area contributed by atoms with Gasteiger partial charge in [0.1, 0.15) is 0 Å². The van der Waals surface area contributed by atoms with Gasteiger partial charge < -0.3 is 10.2 Å². The van der Waals surface area contributed by atoms with Crippen LogP contribution in [0.3, 0.4) is 0 Å². The topological polar surface area (TPSA) is 40.5 Å². The number of rotatable bonds is 11. The highest BCUT2D eigenvalue weighted by Crippen LogP contribution is 2.55. The van der Waals surface area contributed by atoms with Gasteiger partial charge in [-0.15, -0.1) is 0 Å². The van der Waals surface area contributed by atoms with Crippen LogP contribution in [0.4, 0.5) is 26.3 Å². The van der Waals surface area contributed by atoms with Gasteiger partial charge in [-0.05, 0) is 19.3 Å². The van der Waals surface area contributed by atoms with E-state index in [0.717, 1.165) is 19.3 Å². The normalized spacial score (nSPS) is 13.6. The lowest BCUT2D eigenvalue weighted by Gasteiger charge is -2.37. The molecule has 134 valence electrons. The summed E-state index contributed by atoms with van der Waals surface area (Å²) in [6, 6.07) is 0. The molecule has 0 amide bonds. The highest BCUT2D eigenvalue weighted by atomic mass is 19.4. The van der Waals surface area contributed by atoms with E-state index in [1.165, 1.54) is 0 Å². The number of aliphatic hydroxyl groups is 2. The van der Waals surface area contributed by atoms with Crippen molar-refractivity contribution >= 4 is 0 Å². The van der Waals surface area contributed by atoms with E-state index in [4.69, 9.17) is 10.2 Å². The van der Waals surface area contributed by atoms with E-state index in [2.05, 4.69) is 0 Å². The highest BCUT2D eigenvalue weighted by Gasteiger charge is 2.69. The van der Waals surface area contributed by atoms with Crippen molar-refractivity contribution in [2.24, 2.45) is 5.41 Å². The predicted octanol–water partition coefficient (Wildman–Crippen LogP) is 4.59. The smallest absolute Gasteiger partial charge is 0.396 e. The quantitative estimate of drug-likeness (QED) is 0.427. The first kappa shape index (κ1) is 21.5. The molecule has 0 aliphatic carbocycles. The van der Waals surface area contributed by atoms with Crippen molar-refractivity contribution in [3.05, 3.63) is 0 Å². The molecule has 0 saturated heterocycles. The summed E-state index contributed by atoms with van der Waals surface area (Å²) in [5.41, 5.74) is -3.81. The number of aliphatic hydroxyl groups excluding tert-OH is 2. The van der Waals surface area contributed by atoms with E-state index in [9.17, 15) is 26.3 Å². The van der Waals surface area contributed by atoms with Crippen LogP contribution in [0.25, 0.3) is 0 Å². The van der Waals surface area contributed by atoms with Gasteiger partial charge in [0.15, 0.2) is 5.41 Å². The van der Waals surface area contributed by atoms with E-state index in [1.807, 2.05) is 0 Å². The van der Waals surface area contributed by atoms with Crippen molar-refractivity contribution in [3.8, 4) is 0 Å². The van der Waals surface area contributed by atoms with Crippen molar-refractivity contribution in [2.45, 2.75) is 70.1 Å². The van der Waals surface area contributed by atoms with Gasteiger partial charge in [-0.3, -0.25) is 0 Å². The first-order valence-electron chi connectivity index (χ1n) is 7.47. The Labute approximate surface area is 126 Å². The standard InChI is InChI=1S/C14H24F6O2/c15-13(16,17)12(9-11-22,14(18,19)20)8-6-4-2-1-3-5-7-10-21/h21-22H,1-11H2. The molecule has 8 heteroatoms. The van der Waals surface area contributed by atoms with Crippen LogP contribution in [0.5, 0.6) is 0 Å². The number of hydrogen-bond acceptors (Lipinski definition) is 2. The fourth-order valence-electron chi connectivity index (χ4n) is 2.47. The molecule has 0 aromatic heterocycles. The third kappa shape index (κ3) is 6.32. The molecule has 2 nitrogen and oxygen atoms in total. The number of hydrogen-bond donors (Lipinski definition) is 2. The minimum absolute atomic E-state index is 0.0842. The van der Waals surface area contributed by atoms with Gasteiger partial charge in [0.25, 0.3) is 0 Å². The maximum Gasteiger partial charge on any atom is 0.403 e. The predicted molar refractivity (Wildman–Crippen MR) is 70.3 cm³/mol. The van der Waals surface area contributed by atoms with Gasteiger partial charge in [-0.1, -0.05) is 38.5 Å². The van der Waals surface area contributed by atoms with Gasteiger partial charge in [-0.25, -0.2) is 0 Å². The number of alkyl halides is 6. The summed E-state index contributed by atoms with van der Waals surface area (Å²) in [7, 11) is 0. The van der Waals surface area contributed by atoms with Crippen LogP contribution >= 0.6 is 0 Å². The molecule has 2 N–H and O–H groups in total. The van der Waals surface area contributed by atoms with Crippen LogP contribution in [0.15, 0.2) is 0 Å². The number of halogens is 6. The fraction of sp³-hybridized carbons (Fsp3) is 1.00. The SMILES string of the molecule is OCCCCCCCCCC(CCO)(C(F)(F)F)C(F)(F)F. The van der Waals surface area contributed by atoms with Crippen LogP contribution in [0.2, 0.25) is 0 Å². The van der Waals surface area contributed by atoms with Crippen LogP contribution in [0.1, 0.15) is 57.8 Å². The molecule has 0 bridgehead atoms. The Morgan fingerprint density at radius 1 is 0.500 bits per heavy atom. The lowest BCUT2D eigenvalue weighted by atomic mass is 9.78. The molecule has 22 heavy (non-hydrogen) atoms. The van der Waals surface area contributed by atoms with Crippen molar-refractivity contribution in [3.63, 3.8) is 0 Å². The highest BCUT2D eigenvalue weighted by molar-refractivity contribution is 4.93. The zero-order chi connectivity index (χ0) is 17.3. The molecule has 0 aromatic rings. The summed E-state index contributed by atoms with van der Waals surface area (Å²) in [5.74, 6) is 0. The van der Waals surface area contributed by atoms with E-state index < -0.39 is 37.2 Å². The molecule has 0 aromatic carbocycles. The van der Waals surface area contributed by atoms with Crippen molar-refractivity contribution in [1.29, 1.82) is 0 Å². The third-order valence-electron chi connectivity index (χ3n) is 3.89. The largest absolute Gasteiger partial charge is 0.403 e. The molecule has 0 rings (SSSR count). The molecule has 0 aliphatic heterocycles. The first-order valence-corrected chi connectivity index (χ1v) is 7.47. The van der Waals surface area contributed by atoms with E-state index in [-0.39, 0.29) is 13.0 Å². The maximum atomic E-state index is 12.9. The van der Waals surface area contributed by atoms with Crippen LogP contribution in [-0.4, -0.2) is 35.8 Å². The third-order valence-corrected chi connectivity index (χ3v) is 3.89. The average Bonchev–Trinajstić information content (AvgIpc) is 2.37. The van der Waals surface area contributed by atoms with Gasteiger partial charge in [0.2, 0.25) is 0 Å². The zero-order valence-corrected chi connectivity index (χ0v) is 12.4. The summed E-state index contributed by atoms with van der Waals surface area (Å²) in [4.78, 5) is 0. The molecule has 0 unspecified atom stereocenters. The summed E-state index contributed by atoms with van der Waals surface area (Å²) in [5, 5.41) is 17.2. The van der Waals surface area contributed by atoms with Gasteiger partial charge in [-0.2, -0.15) is 26.3 Å². The maximum absolute atomic E-state index is 12.9. The zero-order valence-electron chi connectivity index (χ0n) is 12.4. The van der Waals surface area contributed by atoms with E-state index in [0.29, 0.717) is 19.3 Å². The molecule has 0 aliphatic rings. The summed E-state index contributed by atoms with van der Waals surface area (Å²) in [6.07, 6.45) is -9.57. The summed E-state index contributed by atoms with van der Waals surface area (Å²) < 4.78 is 77.5. The molecule has 0 fully saturated rings. The minimum atomic E-state index is -5.42. The summed E-state index contributed by atoms with van der Waals surface area (Å²) in [6.45, 7) is -1.07. The van der Waals surface area contributed by atoms with Crippen molar-refractivity contribution in [2.75, 3.05) is 13.2 Å². The van der Waals surface area contributed by atoms with Crippen LogP contribution in [-0.2, 0) is 0 Å². The van der Waals surface area contributed by atoms with Gasteiger partial charge in [0.05, 0.1) is 0 Å². The van der Waals surface area contributed by atoms with Crippen LogP contribution < -0.4 is 0 Å². The molecular weight excluding hydrogens is 314 g/mol. The Hall–Kier alpha value is -0.500. The Balaban J connectivity index is 4.43. The second kappa shape index (κ2) is 9.60. The Bertz CT molecular complexity index is 274. The molecule has 0 spiro atoms. The lowest BCUT2D eigenvalue weighted by molar-refractivity contribution is -0.347. The molecule has 0 saturated carbocycles. The number of unbranched alkanes of at least 4 members (excludes halogenated alkanes) is 6. The van der Waals surface area contributed by atoms with Crippen LogP contribution in [0, 0.1) is 5.41 Å². The average molecular weight is 338 g/mol. The Morgan fingerprint density at radius 3 is 1.27 bits per heavy atom. The Morgan fingerprint density at radius 2 is 0.909 bits per heavy atom.